The molecule has 9 heteroatoms. The van der Waals surface area contributed by atoms with Crippen LogP contribution in [0.15, 0.2) is 54.6 Å². The number of hydrogen-bond donors (Lipinski definition) is 2. The molecule has 0 saturated carbocycles. The van der Waals surface area contributed by atoms with Gasteiger partial charge in [-0.25, -0.2) is 22.3 Å². The first-order chi connectivity index (χ1) is 13.2. The number of nitrogens with one attached hydrogen (secondary N) is 2. The molecule has 2 aromatic carbocycles. The first-order valence-corrected chi connectivity index (χ1v) is 10.4. The quantitative estimate of drug-likeness (QED) is 0.768. The zero-order valence-electron chi connectivity index (χ0n) is 15.9. The lowest BCUT2D eigenvalue weighted by Crippen LogP contribution is -2.49. The predicted molar refractivity (Wildman–Crippen MR) is 107 cm³/mol. The molecule has 2 N–H and O–H groups in total. The molecule has 0 unspecified atom stereocenters. The van der Waals surface area contributed by atoms with Gasteiger partial charge < -0.3 is 10.1 Å². The van der Waals surface area contributed by atoms with Crippen molar-refractivity contribution < 1.29 is 22.7 Å². The van der Waals surface area contributed by atoms with Crippen LogP contribution < -0.4 is 15.4 Å². The van der Waals surface area contributed by atoms with Gasteiger partial charge in [0.2, 0.25) is 10.0 Å². The molecule has 28 heavy (non-hydrogen) atoms. The Hall–Kier alpha value is -3.07. The normalized spacial score (nSPS) is 11.0. The van der Waals surface area contributed by atoms with Crippen molar-refractivity contribution >= 4 is 27.8 Å². The Labute approximate surface area is 164 Å². The molecule has 2 rings (SSSR count). The highest BCUT2D eigenvalue weighted by Gasteiger charge is 2.27. The number of urea groups is 2. The number of nitrogens with zero attached hydrogens (tertiary/aromatic N) is 1. The first-order valence-electron chi connectivity index (χ1n) is 8.55. The van der Waals surface area contributed by atoms with Gasteiger partial charge >= 0.3 is 12.1 Å². The number of imide groups is 1. The number of hydrogen-bond acceptors (Lipinski definition) is 5. The van der Waals surface area contributed by atoms with Crippen LogP contribution in [-0.2, 0) is 16.6 Å². The molecule has 0 aliphatic rings. The minimum absolute atomic E-state index is 0.416. The van der Waals surface area contributed by atoms with Crippen molar-refractivity contribution in [3.05, 3.63) is 60.2 Å². The molecule has 0 saturated heterocycles. The van der Waals surface area contributed by atoms with Crippen LogP contribution in [0, 0.1) is 0 Å². The number of sulfonamides is 1. The van der Waals surface area contributed by atoms with Gasteiger partial charge in [0.1, 0.15) is 12.4 Å². The summed E-state index contributed by atoms with van der Waals surface area (Å²) in [7, 11) is -3.79. The lowest BCUT2D eigenvalue weighted by Gasteiger charge is -2.23. The predicted octanol–water partition coefficient (Wildman–Crippen LogP) is 3.18. The number of ether oxygens (including phenoxy) is 1. The van der Waals surface area contributed by atoms with Crippen molar-refractivity contribution in [2.24, 2.45) is 0 Å². The van der Waals surface area contributed by atoms with Crippen molar-refractivity contribution in [3.63, 3.8) is 0 Å². The third-order valence-corrected chi connectivity index (χ3v) is 4.91. The zero-order chi connectivity index (χ0) is 20.7. The highest BCUT2D eigenvalue weighted by atomic mass is 32.2. The Morgan fingerprint density at radius 3 is 2.18 bits per heavy atom. The van der Waals surface area contributed by atoms with Crippen molar-refractivity contribution in [2.75, 3.05) is 11.6 Å². The monoisotopic (exact) mass is 405 g/mol. The summed E-state index contributed by atoms with van der Waals surface area (Å²) in [5.74, 6) is 0.619. The largest absolute Gasteiger partial charge is 0.489 e. The van der Waals surface area contributed by atoms with E-state index in [4.69, 9.17) is 4.74 Å². The van der Waals surface area contributed by atoms with Crippen LogP contribution in [0.2, 0.25) is 0 Å². The summed E-state index contributed by atoms with van der Waals surface area (Å²) in [5.41, 5.74) is 1.45. The fourth-order valence-corrected chi connectivity index (χ4v) is 3.57. The fourth-order valence-electron chi connectivity index (χ4n) is 2.46. The van der Waals surface area contributed by atoms with Crippen LogP contribution >= 0.6 is 0 Å². The van der Waals surface area contributed by atoms with Crippen LogP contribution in [0.1, 0.15) is 19.4 Å². The maximum Gasteiger partial charge on any atom is 0.339 e. The van der Waals surface area contributed by atoms with Gasteiger partial charge in [0, 0.05) is 11.7 Å². The highest BCUT2D eigenvalue weighted by molar-refractivity contribution is 7.88. The molecule has 0 bridgehead atoms. The summed E-state index contributed by atoms with van der Waals surface area (Å²) in [4.78, 5) is 24.0. The standard InChI is InChI=1S/C19H23N3O5S/c1-14(2)22(28(3,25)26)19(24)21-18(23)20-16-9-11-17(12-10-16)27-13-15-7-5-4-6-8-15/h4-12,14H,13H2,1-3H3,(H2,20,21,23,24). The molecule has 0 radical (unpaired) electrons. The van der Waals surface area contributed by atoms with E-state index in [0.717, 1.165) is 11.8 Å². The van der Waals surface area contributed by atoms with E-state index in [1.807, 2.05) is 35.6 Å². The Morgan fingerprint density at radius 2 is 1.64 bits per heavy atom. The molecule has 2 aromatic rings. The number of carbonyl (C=O) groups is 2. The fraction of sp³-hybridized carbons (Fsp3) is 0.263. The van der Waals surface area contributed by atoms with E-state index in [9.17, 15) is 18.0 Å². The number of carbonyl (C=O) groups excluding carboxylic acids is 2. The van der Waals surface area contributed by atoms with E-state index >= 15 is 0 Å². The molecule has 0 aliphatic heterocycles. The minimum atomic E-state index is -3.79. The van der Waals surface area contributed by atoms with E-state index in [0.29, 0.717) is 22.3 Å². The summed E-state index contributed by atoms with van der Waals surface area (Å²) in [6.07, 6.45) is 0.901. The van der Waals surface area contributed by atoms with E-state index in [-0.39, 0.29) is 0 Å². The first kappa shape index (κ1) is 21.2. The molecule has 0 atom stereocenters. The highest BCUT2D eigenvalue weighted by Crippen LogP contribution is 2.17. The van der Waals surface area contributed by atoms with Gasteiger partial charge in [0.15, 0.2) is 0 Å². The van der Waals surface area contributed by atoms with Crippen LogP contribution in [0.25, 0.3) is 0 Å². The second-order valence-electron chi connectivity index (χ2n) is 6.34. The van der Waals surface area contributed by atoms with Crippen molar-refractivity contribution in [3.8, 4) is 5.75 Å². The molecule has 0 heterocycles. The maximum absolute atomic E-state index is 12.1. The van der Waals surface area contributed by atoms with Crippen molar-refractivity contribution in [1.82, 2.24) is 9.62 Å². The van der Waals surface area contributed by atoms with E-state index in [2.05, 4.69) is 5.32 Å². The van der Waals surface area contributed by atoms with Gasteiger partial charge in [-0.2, -0.15) is 0 Å². The Balaban J connectivity index is 1.90. The smallest absolute Gasteiger partial charge is 0.339 e. The van der Waals surface area contributed by atoms with Crippen molar-refractivity contribution in [1.29, 1.82) is 0 Å². The number of amides is 4. The Bertz CT molecular complexity index is 912. The maximum atomic E-state index is 12.1. The molecule has 0 spiro atoms. The van der Waals surface area contributed by atoms with Crippen LogP contribution in [0.4, 0.5) is 15.3 Å². The van der Waals surface area contributed by atoms with Crippen LogP contribution in [-0.4, -0.2) is 37.1 Å². The van der Waals surface area contributed by atoms with Gasteiger partial charge in [0.05, 0.1) is 6.26 Å². The Morgan fingerprint density at radius 1 is 1.04 bits per heavy atom. The van der Waals surface area contributed by atoms with Gasteiger partial charge in [-0.3, -0.25) is 5.32 Å². The van der Waals surface area contributed by atoms with E-state index in [1.54, 1.807) is 24.3 Å². The molecule has 150 valence electrons. The molecule has 0 aromatic heterocycles. The number of anilines is 1. The molecule has 8 nitrogen and oxygen atoms in total. The number of benzene rings is 2. The molecule has 0 fully saturated rings. The average Bonchev–Trinajstić information content (AvgIpc) is 2.60. The zero-order valence-corrected chi connectivity index (χ0v) is 16.7. The SMILES string of the molecule is CC(C)N(C(=O)NC(=O)Nc1ccc(OCc2ccccc2)cc1)S(C)(=O)=O. The third-order valence-electron chi connectivity index (χ3n) is 3.61. The van der Waals surface area contributed by atoms with E-state index in [1.165, 1.54) is 13.8 Å². The minimum Gasteiger partial charge on any atom is -0.489 e. The molecular weight excluding hydrogens is 382 g/mol. The lowest BCUT2D eigenvalue weighted by atomic mass is 10.2. The van der Waals surface area contributed by atoms with Gasteiger partial charge in [-0.1, -0.05) is 30.3 Å². The molecule has 0 aliphatic carbocycles. The second kappa shape index (κ2) is 9.23. The van der Waals surface area contributed by atoms with Gasteiger partial charge in [-0.15, -0.1) is 0 Å². The van der Waals surface area contributed by atoms with Crippen LogP contribution in [0.5, 0.6) is 5.75 Å². The van der Waals surface area contributed by atoms with Crippen molar-refractivity contribution in [2.45, 2.75) is 26.5 Å². The topological polar surface area (TPSA) is 105 Å². The third kappa shape index (κ3) is 6.27. The van der Waals surface area contributed by atoms with Gasteiger partial charge in [-0.05, 0) is 43.7 Å². The summed E-state index contributed by atoms with van der Waals surface area (Å²) >= 11 is 0. The molecular formula is C19H23N3O5S. The van der Waals surface area contributed by atoms with E-state index < -0.39 is 28.1 Å². The van der Waals surface area contributed by atoms with Crippen LogP contribution in [0.3, 0.4) is 0 Å². The average molecular weight is 405 g/mol. The summed E-state index contributed by atoms with van der Waals surface area (Å²) < 4.78 is 29.6. The molecule has 4 amide bonds. The van der Waals surface area contributed by atoms with Gasteiger partial charge in [0.25, 0.3) is 0 Å². The number of rotatable bonds is 6. The summed E-state index contributed by atoms with van der Waals surface area (Å²) in [6.45, 7) is 3.48. The second-order valence-corrected chi connectivity index (χ2v) is 8.19. The summed E-state index contributed by atoms with van der Waals surface area (Å²) in [6, 6.07) is 13.8. The Kier molecular flexibility index (Phi) is 7.00. The summed E-state index contributed by atoms with van der Waals surface area (Å²) in [5, 5.41) is 4.48. The lowest BCUT2D eigenvalue weighted by molar-refractivity contribution is 0.213.